The quantitative estimate of drug-likeness (QED) is 0.404. The number of imidazole rings is 1. The van der Waals surface area contributed by atoms with Crippen molar-refractivity contribution in [2.75, 3.05) is 19.1 Å². The number of ether oxygens (including phenoxy) is 3. The standard InChI is InChI=1S/C17H28N6O5P/c1-4-13-7-25-14(28-13)5-11(2)22-29(24)27-10-26-12(3)6-23-9-21-15-16(18)19-8-20-17(15)23/h8-9,11-14H,4-7,10H2,1-3H3,(H,22,24)(H2,18,19,20)/q+1/t11?,12-,13?,14?/m1/s1. The van der Waals surface area contributed by atoms with Crippen LogP contribution in [0.2, 0.25) is 0 Å². The van der Waals surface area contributed by atoms with E-state index < -0.39 is 8.18 Å². The van der Waals surface area contributed by atoms with Gasteiger partial charge in [-0.15, -0.1) is 4.52 Å². The van der Waals surface area contributed by atoms with E-state index in [-0.39, 0.29) is 31.3 Å². The van der Waals surface area contributed by atoms with Crippen LogP contribution in [0.25, 0.3) is 11.2 Å². The Kier molecular flexibility index (Phi) is 7.82. The van der Waals surface area contributed by atoms with Crippen LogP contribution < -0.4 is 10.8 Å². The van der Waals surface area contributed by atoms with Crippen LogP contribution in [0, 0.1) is 0 Å². The van der Waals surface area contributed by atoms with E-state index in [0.29, 0.717) is 36.6 Å². The molecule has 5 atom stereocenters. The van der Waals surface area contributed by atoms with E-state index in [1.165, 1.54) is 6.33 Å². The van der Waals surface area contributed by atoms with Crippen LogP contribution in [0.15, 0.2) is 12.7 Å². The fourth-order valence-electron chi connectivity index (χ4n) is 2.96. The first-order valence-corrected chi connectivity index (χ1v) is 10.8. The van der Waals surface area contributed by atoms with Gasteiger partial charge in [-0.2, -0.15) is 0 Å². The van der Waals surface area contributed by atoms with Gasteiger partial charge in [0.25, 0.3) is 0 Å². The van der Waals surface area contributed by atoms with E-state index in [1.807, 2.05) is 18.4 Å². The third-order valence-electron chi connectivity index (χ3n) is 4.55. The Morgan fingerprint density at radius 1 is 1.41 bits per heavy atom. The van der Waals surface area contributed by atoms with Crippen molar-refractivity contribution in [2.45, 2.75) is 64.7 Å². The lowest BCUT2D eigenvalue weighted by molar-refractivity contribution is -0.0660. The van der Waals surface area contributed by atoms with Crippen molar-refractivity contribution in [1.29, 1.82) is 0 Å². The van der Waals surface area contributed by atoms with Gasteiger partial charge in [0, 0.05) is 6.42 Å². The highest BCUT2D eigenvalue weighted by Crippen LogP contribution is 2.23. The second kappa shape index (κ2) is 10.3. The van der Waals surface area contributed by atoms with Crippen molar-refractivity contribution in [3.8, 4) is 0 Å². The van der Waals surface area contributed by atoms with Gasteiger partial charge in [0.1, 0.15) is 11.8 Å². The summed E-state index contributed by atoms with van der Waals surface area (Å²) in [5.74, 6) is 0.335. The monoisotopic (exact) mass is 427 g/mol. The maximum Gasteiger partial charge on any atom is 0.615 e. The average molecular weight is 427 g/mol. The second-order valence-corrected chi connectivity index (χ2v) is 8.04. The highest BCUT2D eigenvalue weighted by atomic mass is 31.1. The molecule has 29 heavy (non-hydrogen) atoms. The molecule has 0 saturated carbocycles. The van der Waals surface area contributed by atoms with Gasteiger partial charge < -0.3 is 24.5 Å². The van der Waals surface area contributed by atoms with Gasteiger partial charge in [-0.3, -0.25) is 0 Å². The maximum absolute atomic E-state index is 12.1. The Hall–Kier alpha value is -1.75. The summed E-state index contributed by atoms with van der Waals surface area (Å²) in [5, 5.41) is 2.89. The summed E-state index contributed by atoms with van der Waals surface area (Å²) in [7, 11) is -2.06. The first-order valence-electron chi connectivity index (χ1n) is 9.62. The number of nitrogens with one attached hydrogen (secondary N) is 1. The van der Waals surface area contributed by atoms with Crippen LogP contribution >= 0.6 is 8.18 Å². The molecule has 11 nitrogen and oxygen atoms in total. The molecule has 12 heteroatoms. The van der Waals surface area contributed by atoms with Crippen molar-refractivity contribution in [3.05, 3.63) is 12.7 Å². The zero-order valence-electron chi connectivity index (χ0n) is 16.9. The predicted octanol–water partition coefficient (Wildman–Crippen LogP) is 1.96. The zero-order valence-corrected chi connectivity index (χ0v) is 17.7. The van der Waals surface area contributed by atoms with Gasteiger partial charge >= 0.3 is 8.18 Å². The Morgan fingerprint density at radius 2 is 2.24 bits per heavy atom. The second-order valence-electron chi connectivity index (χ2n) is 7.00. The minimum absolute atomic E-state index is 0.0842. The summed E-state index contributed by atoms with van der Waals surface area (Å²) in [4.78, 5) is 12.3. The number of nitrogens with two attached hydrogens (primary N) is 1. The topological polar surface area (TPSA) is 136 Å². The number of nitrogen functional groups attached to an aromatic ring is 1. The van der Waals surface area contributed by atoms with Crippen molar-refractivity contribution in [1.82, 2.24) is 24.6 Å². The predicted molar refractivity (Wildman–Crippen MR) is 106 cm³/mol. The van der Waals surface area contributed by atoms with Crippen LogP contribution in [0.1, 0.15) is 33.6 Å². The van der Waals surface area contributed by atoms with Gasteiger partial charge in [0.05, 0.1) is 37.7 Å². The fraction of sp³-hybridized carbons (Fsp3) is 0.706. The number of rotatable bonds is 11. The molecule has 0 radical (unpaired) electrons. The minimum Gasteiger partial charge on any atom is -0.382 e. The third-order valence-corrected chi connectivity index (χ3v) is 5.54. The Bertz CT molecular complexity index is 821. The van der Waals surface area contributed by atoms with E-state index in [4.69, 9.17) is 24.5 Å². The Morgan fingerprint density at radius 3 is 3.00 bits per heavy atom. The van der Waals surface area contributed by atoms with Crippen molar-refractivity contribution in [2.24, 2.45) is 0 Å². The molecule has 0 aliphatic carbocycles. The smallest absolute Gasteiger partial charge is 0.382 e. The van der Waals surface area contributed by atoms with Crippen LogP contribution in [-0.2, 0) is 29.8 Å². The highest BCUT2D eigenvalue weighted by molar-refractivity contribution is 7.36. The molecule has 0 bridgehead atoms. The fourth-order valence-corrected chi connectivity index (χ4v) is 3.66. The number of anilines is 1. The molecular weight excluding hydrogens is 399 g/mol. The summed E-state index contributed by atoms with van der Waals surface area (Å²) in [6.07, 6.45) is 4.20. The molecule has 160 valence electrons. The van der Waals surface area contributed by atoms with Crippen LogP contribution in [0.4, 0.5) is 5.82 Å². The van der Waals surface area contributed by atoms with Gasteiger partial charge in [-0.1, -0.05) is 12.0 Å². The molecule has 1 fully saturated rings. The number of nitrogens with zero attached hydrogens (tertiary/aromatic N) is 4. The number of hydrogen-bond donors (Lipinski definition) is 2. The van der Waals surface area contributed by atoms with Crippen molar-refractivity contribution < 1.29 is 23.3 Å². The van der Waals surface area contributed by atoms with E-state index in [1.54, 1.807) is 6.33 Å². The summed E-state index contributed by atoms with van der Waals surface area (Å²) >= 11 is 0. The molecule has 1 aliphatic rings. The molecule has 0 amide bonds. The van der Waals surface area contributed by atoms with Crippen molar-refractivity contribution >= 4 is 25.2 Å². The van der Waals surface area contributed by atoms with E-state index >= 15 is 0 Å². The molecule has 3 heterocycles. The third kappa shape index (κ3) is 6.11. The molecule has 1 aliphatic heterocycles. The molecule has 4 unspecified atom stereocenters. The molecule has 1 saturated heterocycles. The SMILES string of the molecule is CCC1COC(CC(C)N[P+](=O)OCO[C@H](C)Cn2cnc3c(N)ncnc32)O1. The molecule has 3 rings (SSSR count). The lowest BCUT2D eigenvalue weighted by Crippen LogP contribution is -2.26. The summed E-state index contributed by atoms with van der Waals surface area (Å²) in [5.41, 5.74) is 6.97. The number of fused-ring (bicyclic) bond motifs is 1. The molecular formula is C17H28N6O5P+. The minimum atomic E-state index is -2.06. The highest BCUT2D eigenvalue weighted by Gasteiger charge is 2.29. The average Bonchev–Trinajstić information content (AvgIpc) is 3.29. The Labute approximate surface area is 170 Å². The van der Waals surface area contributed by atoms with E-state index in [2.05, 4.69) is 27.0 Å². The molecule has 0 spiro atoms. The first-order chi connectivity index (χ1) is 14.0. The van der Waals surface area contributed by atoms with Crippen LogP contribution in [0.5, 0.6) is 0 Å². The normalized spacial score (nSPS) is 22.1. The number of hydrogen-bond acceptors (Lipinski definition) is 9. The first kappa shape index (κ1) is 21.9. The van der Waals surface area contributed by atoms with Gasteiger partial charge in [-0.25, -0.2) is 15.0 Å². The van der Waals surface area contributed by atoms with Gasteiger partial charge in [-0.05, 0) is 24.8 Å². The molecule has 0 aromatic carbocycles. The van der Waals surface area contributed by atoms with E-state index in [0.717, 1.165) is 6.42 Å². The van der Waals surface area contributed by atoms with Gasteiger partial charge in [0.15, 0.2) is 17.8 Å². The lowest BCUT2D eigenvalue weighted by atomic mass is 10.2. The van der Waals surface area contributed by atoms with Crippen LogP contribution in [0.3, 0.4) is 0 Å². The summed E-state index contributed by atoms with van der Waals surface area (Å²) in [6, 6.07) is -0.0842. The van der Waals surface area contributed by atoms with Crippen LogP contribution in [-0.4, -0.2) is 57.5 Å². The summed E-state index contributed by atoms with van der Waals surface area (Å²) < 4.78 is 36.0. The molecule has 2 aromatic heterocycles. The largest absolute Gasteiger partial charge is 0.615 e. The van der Waals surface area contributed by atoms with Gasteiger partial charge in [0.2, 0.25) is 6.79 Å². The molecule has 2 aromatic rings. The number of aromatic nitrogens is 4. The maximum atomic E-state index is 12.1. The van der Waals surface area contributed by atoms with E-state index in [9.17, 15) is 4.57 Å². The van der Waals surface area contributed by atoms with Crippen molar-refractivity contribution in [3.63, 3.8) is 0 Å². The summed E-state index contributed by atoms with van der Waals surface area (Å²) in [6.45, 7) is 6.83. The lowest BCUT2D eigenvalue weighted by Gasteiger charge is -2.13. The Balaban J connectivity index is 1.35. The molecule has 3 N–H and O–H groups in total. The zero-order chi connectivity index (χ0) is 20.8.